The fourth-order valence-electron chi connectivity index (χ4n) is 1.03. The molecule has 2 heteroatoms. The summed E-state index contributed by atoms with van der Waals surface area (Å²) in [5, 5.41) is 0. The fraction of sp³-hybridized carbons (Fsp3) is 0.364. The first-order valence-electron chi connectivity index (χ1n) is 4.45. The second-order valence-corrected chi connectivity index (χ2v) is 2.80. The van der Waals surface area contributed by atoms with Crippen LogP contribution in [0, 0.1) is 0 Å². The Hall–Kier alpha value is -1.05. The standard InChI is InChI=1S/C11H17BN/c1-4-7-8-11(12)13(9-5-2)10-6-3/h4-6H,1-3,7-10H2. The van der Waals surface area contributed by atoms with Crippen molar-refractivity contribution >= 4 is 13.1 Å². The zero-order valence-electron chi connectivity index (χ0n) is 8.21. The maximum absolute atomic E-state index is 5.88. The molecule has 13 heavy (non-hydrogen) atoms. The molecule has 0 aliphatic rings. The van der Waals surface area contributed by atoms with Crippen LogP contribution in [0.2, 0.25) is 0 Å². The van der Waals surface area contributed by atoms with Crippen LogP contribution >= 0.6 is 0 Å². The molecule has 0 aliphatic heterocycles. The predicted octanol–water partition coefficient (Wildman–Crippen LogP) is 1.93. The first kappa shape index (κ1) is 12.0. The molecule has 0 atom stereocenters. The molecule has 0 bridgehead atoms. The molecule has 0 aromatic heterocycles. The summed E-state index contributed by atoms with van der Waals surface area (Å²) < 4.78 is 0. The molecule has 0 rings (SSSR count). The molecule has 0 N–H and O–H groups in total. The first-order chi connectivity index (χ1) is 6.26. The number of rotatable bonds is 8. The molecule has 0 unspecified atom stereocenters. The zero-order valence-corrected chi connectivity index (χ0v) is 8.21. The number of nitrogens with zero attached hydrogens (tertiary/aromatic N) is 1. The van der Waals surface area contributed by atoms with Crippen molar-refractivity contribution in [2.24, 2.45) is 0 Å². The second kappa shape index (κ2) is 7.60. The van der Waals surface area contributed by atoms with Gasteiger partial charge in [0.25, 0.3) is 0 Å². The summed E-state index contributed by atoms with van der Waals surface area (Å²) >= 11 is 0. The molecule has 0 fully saturated rings. The summed E-state index contributed by atoms with van der Waals surface area (Å²) in [5.41, 5.74) is 0.875. The van der Waals surface area contributed by atoms with Gasteiger partial charge in [-0.3, -0.25) is 0 Å². The average Bonchev–Trinajstić information content (AvgIpc) is 2.14. The van der Waals surface area contributed by atoms with E-state index in [2.05, 4.69) is 19.7 Å². The van der Waals surface area contributed by atoms with Crippen molar-refractivity contribution in [2.45, 2.75) is 12.8 Å². The molecule has 0 aliphatic carbocycles. The Morgan fingerprint density at radius 1 is 1.08 bits per heavy atom. The Morgan fingerprint density at radius 3 is 2.00 bits per heavy atom. The van der Waals surface area contributed by atoms with Crippen molar-refractivity contribution < 1.29 is 0 Å². The van der Waals surface area contributed by atoms with Crippen molar-refractivity contribution in [1.29, 1.82) is 0 Å². The summed E-state index contributed by atoms with van der Waals surface area (Å²) in [4.78, 5) is 2.05. The van der Waals surface area contributed by atoms with Gasteiger partial charge in [0.1, 0.15) is 0 Å². The van der Waals surface area contributed by atoms with Crippen LogP contribution in [-0.2, 0) is 0 Å². The van der Waals surface area contributed by atoms with Gasteiger partial charge in [0.15, 0.2) is 0 Å². The van der Waals surface area contributed by atoms with Crippen molar-refractivity contribution in [2.75, 3.05) is 13.1 Å². The molecule has 0 amide bonds. The molecular formula is C11H17BN. The molecule has 0 spiro atoms. The third kappa shape index (κ3) is 5.23. The van der Waals surface area contributed by atoms with Crippen LogP contribution in [0.3, 0.4) is 0 Å². The van der Waals surface area contributed by atoms with Gasteiger partial charge in [-0.2, -0.15) is 0 Å². The van der Waals surface area contributed by atoms with Gasteiger partial charge in [0.05, 0.1) is 0 Å². The van der Waals surface area contributed by atoms with Crippen LogP contribution in [0.15, 0.2) is 38.0 Å². The minimum atomic E-state index is 0.773. The average molecular weight is 174 g/mol. The van der Waals surface area contributed by atoms with E-state index in [-0.39, 0.29) is 0 Å². The molecule has 0 heterocycles. The molecule has 69 valence electrons. The van der Waals surface area contributed by atoms with Crippen molar-refractivity contribution in [3.8, 4) is 0 Å². The Balaban J connectivity index is 4.00. The van der Waals surface area contributed by atoms with Gasteiger partial charge in [-0.25, -0.2) is 0 Å². The SMILES string of the molecule is [B]=C(CCC=C)N(CC=C)CC=C. The molecule has 0 saturated heterocycles. The second-order valence-electron chi connectivity index (χ2n) is 2.80. The number of hydrogen-bond donors (Lipinski definition) is 0. The van der Waals surface area contributed by atoms with Gasteiger partial charge >= 0.3 is 81.9 Å². The van der Waals surface area contributed by atoms with E-state index in [1.54, 1.807) is 0 Å². The summed E-state index contributed by atoms with van der Waals surface area (Å²) in [6.45, 7) is 12.6. The van der Waals surface area contributed by atoms with E-state index >= 15 is 0 Å². The molecular weight excluding hydrogens is 157 g/mol. The van der Waals surface area contributed by atoms with Gasteiger partial charge in [-0.15, -0.1) is 0 Å². The van der Waals surface area contributed by atoms with Crippen LogP contribution in [0.5, 0.6) is 0 Å². The third-order valence-electron chi connectivity index (χ3n) is 1.71. The van der Waals surface area contributed by atoms with Crippen LogP contribution in [0.1, 0.15) is 12.8 Å². The zero-order chi connectivity index (χ0) is 10.1. The Kier molecular flexibility index (Phi) is 6.99. The normalized spacial score (nSPS) is 8.85. The maximum atomic E-state index is 5.88. The molecule has 1 radical (unpaired) electrons. The topological polar surface area (TPSA) is 3.24 Å². The molecule has 1 nitrogen and oxygen atoms in total. The van der Waals surface area contributed by atoms with E-state index in [0.29, 0.717) is 0 Å². The van der Waals surface area contributed by atoms with E-state index in [4.69, 9.17) is 7.49 Å². The predicted molar refractivity (Wildman–Crippen MR) is 62.2 cm³/mol. The van der Waals surface area contributed by atoms with Gasteiger partial charge in [0, 0.05) is 0 Å². The van der Waals surface area contributed by atoms with Crippen molar-refractivity contribution in [3.63, 3.8) is 0 Å². The third-order valence-corrected chi connectivity index (χ3v) is 1.71. The summed E-state index contributed by atoms with van der Waals surface area (Å²) in [7, 11) is 5.88. The van der Waals surface area contributed by atoms with Crippen LogP contribution in [0.25, 0.3) is 0 Å². The summed E-state index contributed by atoms with van der Waals surface area (Å²) in [5.74, 6) is 0. The van der Waals surface area contributed by atoms with Crippen LogP contribution in [0.4, 0.5) is 0 Å². The minimum absolute atomic E-state index is 0.773. The quantitative estimate of drug-likeness (QED) is 0.401. The summed E-state index contributed by atoms with van der Waals surface area (Å²) in [6.07, 6.45) is 7.31. The molecule has 0 aromatic carbocycles. The van der Waals surface area contributed by atoms with E-state index in [1.165, 1.54) is 0 Å². The first-order valence-corrected chi connectivity index (χ1v) is 4.45. The monoisotopic (exact) mass is 174 g/mol. The van der Waals surface area contributed by atoms with Gasteiger partial charge in [-0.05, 0) is 0 Å². The van der Waals surface area contributed by atoms with Crippen molar-refractivity contribution in [1.82, 2.24) is 4.90 Å². The summed E-state index contributed by atoms with van der Waals surface area (Å²) in [6, 6.07) is 0. The van der Waals surface area contributed by atoms with Gasteiger partial charge < -0.3 is 0 Å². The van der Waals surface area contributed by atoms with E-state index in [9.17, 15) is 0 Å². The van der Waals surface area contributed by atoms with E-state index in [1.807, 2.05) is 23.1 Å². The fourth-order valence-corrected chi connectivity index (χ4v) is 1.03. The van der Waals surface area contributed by atoms with Crippen molar-refractivity contribution in [3.05, 3.63) is 38.0 Å². The van der Waals surface area contributed by atoms with Crippen LogP contribution in [-0.4, -0.2) is 31.1 Å². The Morgan fingerprint density at radius 2 is 1.62 bits per heavy atom. The van der Waals surface area contributed by atoms with Gasteiger partial charge in [-0.1, -0.05) is 0 Å². The molecule has 0 saturated carbocycles. The van der Waals surface area contributed by atoms with E-state index < -0.39 is 0 Å². The molecule has 0 aromatic rings. The van der Waals surface area contributed by atoms with Gasteiger partial charge in [0.2, 0.25) is 0 Å². The van der Waals surface area contributed by atoms with Crippen LogP contribution < -0.4 is 0 Å². The van der Waals surface area contributed by atoms with E-state index in [0.717, 1.165) is 31.5 Å². The number of allylic oxidation sites excluding steroid dienone is 1. The Labute approximate surface area is 82.5 Å². The number of hydrogen-bond acceptors (Lipinski definition) is 1. The Bertz CT molecular complexity index is 186.